The Bertz CT molecular complexity index is 298. The zero-order chi connectivity index (χ0) is 11.1. The summed E-state index contributed by atoms with van der Waals surface area (Å²) in [5.41, 5.74) is 1.12. The molecule has 82 valence electrons. The van der Waals surface area contributed by atoms with E-state index in [9.17, 15) is 4.79 Å². The van der Waals surface area contributed by atoms with Gasteiger partial charge in [0.1, 0.15) is 5.78 Å². The summed E-state index contributed by atoms with van der Waals surface area (Å²) in [6.07, 6.45) is 0. The zero-order valence-electron chi connectivity index (χ0n) is 9.19. The molecule has 3 nitrogen and oxygen atoms in total. The average molecular weight is 207 g/mol. The maximum atomic E-state index is 11.1. The molecule has 0 aliphatic rings. The van der Waals surface area contributed by atoms with Crippen molar-refractivity contribution in [3.8, 4) is 0 Å². The Morgan fingerprint density at radius 1 is 1.40 bits per heavy atom. The molecule has 0 aliphatic heterocycles. The summed E-state index contributed by atoms with van der Waals surface area (Å²) in [5, 5.41) is 2.91. The lowest BCUT2D eigenvalue weighted by atomic mass is 10.2. The fraction of sp³-hybridized carbons (Fsp3) is 0.417. The number of carbonyl (C=O) groups is 1. The molecule has 1 aromatic rings. The Hall–Kier alpha value is -1.19. The SMILES string of the molecule is CN[C@@H](COCc1ccccc1)C(C)=O. The van der Waals surface area contributed by atoms with Gasteiger partial charge in [-0.2, -0.15) is 0 Å². The molecule has 0 heterocycles. The van der Waals surface area contributed by atoms with Gasteiger partial charge >= 0.3 is 0 Å². The standard InChI is InChI=1S/C12H17NO2/c1-10(14)12(13-2)9-15-8-11-6-4-3-5-7-11/h3-7,12-13H,8-9H2,1-2H3/t12-/m0/s1. The first kappa shape index (κ1) is 11.9. The predicted molar refractivity (Wildman–Crippen MR) is 59.6 cm³/mol. The Morgan fingerprint density at radius 3 is 2.60 bits per heavy atom. The van der Waals surface area contributed by atoms with Crippen LogP contribution in [0.4, 0.5) is 0 Å². The first-order valence-electron chi connectivity index (χ1n) is 5.03. The molecule has 3 heteroatoms. The van der Waals surface area contributed by atoms with E-state index in [1.807, 2.05) is 30.3 Å². The van der Waals surface area contributed by atoms with Gasteiger partial charge in [-0.15, -0.1) is 0 Å². The van der Waals surface area contributed by atoms with E-state index in [1.54, 1.807) is 14.0 Å². The van der Waals surface area contributed by atoms with E-state index in [0.29, 0.717) is 13.2 Å². The van der Waals surface area contributed by atoms with E-state index in [-0.39, 0.29) is 11.8 Å². The Balaban J connectivity index is 2.30. The lowest BCUT2D eigenvalue weighted by Gasteiger charge is -2.12. The van der Waals surface area contributed by atoms with Gasteiger partial charge in [-0.05, 0) is 19.5 Å². The third-order valence-electron chi connectivity index (χ3n) is 2.24. The number of hydrogen-bond acceptors (Lipinski definition) is 3. The van der Waals surface area contributed by atoms with Crippen LogP contribution in [0, 0.1) is 0 Å². The number of ether oxygens (including phenoxy) is 1. The summed E-state index contributed by atoms with van der Waals surface area (Å²) in [7, 11) is 1.76. The fourth-order valence-electron chi connectivity index (χ4n) is 1.27. The van der Waals surface area contributed by atoms with E-state index in [4.69, 9.17) is 4.74 Å². The van der Waals surface area contributed by atoms with Crippen molar-refractivity contribution in [2.45, 2.75) is 19.6 Å². The van der Waals surface area contributed by atoms with Gasteiger partial charge < -0.3 is 10.1 Å². The topological polar surface area (TPSA) is 38.3 Å². The summed E-state index contributed by atoms with van der Waals surface area (Å²) in [6.45, 7) is 2.53. The van der Waals surface area contributed by atoms with Crippen LogP contribution in [0.3, 0.4) is 0 Å². The fourth-order valence-corrected chi connectivity index (χ4v) is 1.27. The number of carbonyl (C=O) groups excluding carboxylic acids is 1. The number of Topliss-reactive ketones (excluding diaryl/α,β-unsaturated/α-hetero) is 1. The smallest absolute Gasteiger partial charge is 0.149 e. The number of hydrogen-bond donors (Lipinski definition) is 1. The second kappa shape index (κ2) is 6.32. The van der Waals surface area contributed by atoms with Gasteiger partial charge in [0.25, 0.3) is 0 Å². The van der Waals surface area contributed by atoms with Crippen molar-refractivity contribution < 1.29 is 9.53 Å². The Kier molecular flexibility index (Phi) is 5.01. The monoisotopic (exact) mass is 207 g/mol. The molecule has 1 rings (SSSR count). The van der Waals surface area contributed by atoms with Crippen molar-refractivity contribution in [3.05, 3.63) is 35.9 Å². The van der Waals surface area contributed by atoms with E-state index >= 15 is 0 Å². The molecule has 0 bridgehead atoms. The van der Waals surface area contributed by atoms with Crippen LogP contribution in [0.25, 0.3) is 0 Å². The average Bonchev–Trinajstić information content (AvgIpc) is 2.25. The predicted octanol–water partition coefficient (Wildman–Crippen LogP) is 1.38. The maximum Gasteiger partial charge on any atom is 0.149 e. The molecule has 0 unspecified atom stereocenters. The molecule has 0 fully saturated rings. The van der Waals surface area contributed by atoms with Crippen LogP contribution in [-0.4, -0.2) is 25.5 Å². The lowest BCUT2D eigenvalue weighted by Crippen LogP contribution is -2.36. The highest BCUT2D eigenvalue weighted by molar-refractivity contribution is 5.81. The van der Waals surface area contributed by atoms with Gasteiger partial charge in [0.15, 0.2) is 0 Å². The quantitative estimate of drug-likeness (QED) is 0.766. The molecule has 0 aromatic heterocycles. The van der Waals surface area contributed by atoms with E-state index < -0.39 is 0 Å². The molecule has 0 aliphatic carbocycles. The van der Waals surface area contributed by atoms with Crippen LogP contribution < -0.4 is 5.32 Å². The lowest BCUT2D eigenvalue weighted by molar-refractivity contribution is -0.120. The highest BCUT2D eigenvalue weighted by atomic mass is 16.5. The summed E-state index contributed by atoms with van der Waals surface area (Å²) in [4.78, 5) is 11.1. The van der Waals surface area contributed by atoms with Gasteiger partial charge in [0.05, 0.1) is 19.3 Å². The van der Waals surface area contributed by atoms with Crippen LogP contribution in [0.15, 0.2) is 30.3 Å². The van der Waals surface area contributed by atoms with Gasteiger partial charge in [-0.1, -0.05) is 30.3 Å². The number of benzene rings is 1. The number of likely N-dealkylation sites (N-methyl/N-ethyl adjacent to an activating group) is 1. The molecular weight excluding hydrogens is 190 g/mol. The third kappa shape index (κ3) is 4.23. The molecular formula is C12H17NO2. The van der Waals surface area contributed by atoms with Crippen molar-refractivity contribution in [1.82, 2.24) is 5.32 Å². The second-order valence-electron chi connectivity index (χ2n) is 3.45. The van der Waals surface area contributed by atoms with Crippen LogP contribution in [0.2, 0.25) is 0 Å². The van der Waals surface area contributed by atoms with E-state index in [2.05, 4.69) is 5.32 Å². The van der Waals surface area contributed by atoms with E-state index in [1.165, 1.54) is 0 Å². The van der Waals surface area contributed by atoms with Crippen molar-refractivity contribution in [2.75, 3.05) is 13.7 Å². The van der Waals surface area contributed by atoms with Crippen molar-refractivity contribution in [2.24, 2.45) is 0 Å². The number of rotatable bonds is 6. The van der Waals surface area contributed by atoms with Crippen molar-refractivity contribution in [1.29, 1.82) is 0 Å². The molecule has 1 atom stereocenters. The number of nitrogens with one attached hydrogen (secondary N) is 1. The molecule has 0 radical (unpaired) electrons. The normalized spacial score (nSPS) is 12.4. The van der Waals surface area contributed by atoms with Gasteiger partial charge in [-0.3, -0.25) is 4.79 Å². The minimum absolute atomic E-state index is 0.102. The van der Waals surface area contributed by atoms with Crippen molar-refractivity contribution in [3.63, 3.8) is 0 Å². The van der Waals surface area contributed by atoms with Gasteiger partial charge in [0.2, 0.25) is 0 Å². The highest BCUT2D eigenvalue weighted by Crippen LogP contribution is 2.01. The molecule has 1 aromatic carbocycles. The Labute approximate surface area is 90.4 Å². The van der Waals surface area contributed by atoms with Gasteiger partial charge in [-0.25, -0.2) is 0 Å². The molecule has 1 N–H and O–H groups in total. The summed E-state index contributed by atoms with van der Waals surface area (Å²) < 4.78 is 5.45. The summed E-state index contributed by atoms with van der Waals surface area (Å²) in [6, 6.07) is 9.71. The molecule has 15 heavy (non-hydrogen) atoms. The molecule has 0 saturated carbocycles. The largest absolute Gasteiger partial charge is 0.375 e. The molecule has 0 spiro atoms. The van der Waals surface area contributed by atoms with Crippen LogP contribution >= 0.6 is 0 Å². The van der Waals surface area contributed by atoms with Crippen LogP contribution in [-0.2, 0) is 16.1 Å². The van der Waals surface area contributed by atoms with Gasteiger partial charge in [0, 0.05) is 0 Å². The maximum absolute atomic E-state index is 11.1. The minimum atomic E-state index is -0.200. The minimum Gasteiger partial charge on any atom is -0.375 e. The summed E-state index contributed by atoms with van der Waals surface area (Å²) >= 11 is 0. The first-order chi connectivity index (χ1) is 7.24. The van der Waals surface area contributed by atoms with Crippen molar-refractivity contribution >= 4 is 5.78 Å². The first-order valence-corrected chi connectivity index (χ1v) is 5.03. The second-order valence-corrected chi connectivity index (χ2v) is 3.45. The Morgan fingerprint density at radius 2 is 2.07 bits per heavy atom. The molecule has 0 saturated heterocycles. The van der Waals surface area contributed by atoms with E-state index in [0.717, 1.165) is 5.56 Å². The molecule has 0 amide bonds. The zero-order valence-corrected chi connectivity index (χ0v) is 9.19. The van der Waals surface area contributed by atoms with Crippen LogP contribution in [0.5, 0.6) is 0 Å². The summed E-state index contributed by atoms with van der Waals surface area (Å²) in [5.74, 6) is 0.102. The number of ketones is 1. The third-order valence-corrected chi connectivity index (χ3v) is 2.24. The highest BCUT2D eigenvalue weighted by Gasteiger charge is 2.10. The van der Waals surface area contributed by atoms with Crippen LogP contribution in [0.1, 0.15) is 12.5 Å².